The highest BCUT2D eigenvalue weighted by Crippen LogP contribution is 2.21. The molecule has 0 aromatic carbocycles. The Kier molecular flexibility index (Phi) is 5.69. The first kappa shape index (κ1) is 13.7. The largest absolute Gasteiger partial charge is 0.395 e. The smallest absolute Gasteiger partial charge is 0.137 e. The maximum atomic E-state index is 9.03. The number of aliphatic hydroxyl groups is 1. The van der Waals surface area contributed by atoms with Crippen LogP contribution < -0.4 is 10.2 Å². The topological polar surface area (TPSA) is 61.3 Å². The van der Waals surface area contributed by atoms with E-state index in [9.17, 15) is 0 Å². The fourth-order valence-corrected chi connectivity index (χ4v) is 1.72. The summed E-state index contributed by atoms with van der Waals surface area (Å²) in [4.78, 5) is 10.6. The van der Waals surface area contributed by atoms with E-state index in [2.05, 4.69) is 29.1 Å². The van der Waals surface area contributed by atoms with Gasteiger partial charge in [-0.15, -0.1) is 0 Å². The predicted molar refractivity (Wildman–Crippen MR) is 70.5 cm³/mol. The van der Waals surface area contributed by atoms with Crippen molar-refractivity contribution in [1.82, 2.24) is 9.97 Å². The van der Waals surface area contributed by atoms with E-state index in [4.69, 9.17) is 5.11 Å². The molecule has 0 aliphatic rings. The van der Waals surface area contributed by atoms with Crippen molar-refractivity contribution in [3.05, 3.63) is 11.9 Å². The summed E-state index contributed by atoms with van der Waals surface area (Å²) in [5, 5.41) is 12.3. The quantitative estimate of drug-likeness (QED) is 0.752. The summed E-state index contributed by atoms with van der Waals surface area (Å²) in [6, 6.07) is 0. The molecule has 0 saturated heterocycles. The number of nitrogens with one attached hydrogen (secondary N) is 1. The maximum absolute atomic E-state index is 9.03. The Labute approximate surface area is 103 Å². The second kappa shape index (κ2) is 7.06. The fourth-order valence-electron chi connectivity index (χ4n) is 1.72. The first-order chi connectivity index (χ1) is 8.24. The molecule has 1 aromatic rings. The van der Waals surface area contributed by atoms with E-state index in [0.717, 1.165) is 36.7 Å². The molecule has 0 bridgehead atoms. The number of nitrogens with zero attached hydrogens (tertiary/aromatic N) is 3. The minimum atomic E-state index is 0.134. The average molecular weight is 238 g/mol. The van der Waals surface area contributed by atoms with Gasteiger partial charge in [-0.05, 0) is 20.3 Å². The Morgan fingerprint density at radius 3 is 2.71 bits per heavy atom. The number of aliphatic hydroxyl groups excluding tert-OH is 1. The van der Waals surface area contributed by atoms with Gasteiger partial charge in [-0.25, -0.2) is 9.97 Å². The summed E-state index contributed by atoms with van der Waals surface area (Å²) in [6.07, 6.45) is 2.63. The summed E-state index contributed by atoms with van der Waals surface area (Å²) in [5.41, 5.74) is 1.04. The van der Waals surface area contributed by atoms with Crippen LogP contribution in [0.4, 0.5) is 11.6 Å². The van der Waals surface area contributed by atoms with E-state index < -0.39 is 0 Å². The third-order valence-corrected chi connectivity index (χ3v) is 2.65. The zero-order chi connectivity index (χ0) is 12.7. The third-order valence-electron chi connectivity index (χ3n) is 2.65. The van der Waals surface area contributed by atoms with Crippen LogP contribution in [0.15, 0.2) is 6.33 Å². The normalized spacial score (nSPS) is 10.4. The van der Waals surface area contributed by atoms with E-state index >= 15 is 0 Å². The zero-order valence-corrected chi connectivity index (χ0v) is 10.9. The molecule has 5 nitrogen and oxygen atoms in total. The molecule has 0 saturated carbocycles. The van der Waals surface area contributed by atoms with Gasteiger partial charge in [-0.1, -0.05) is 6.92 Å². The molecular weight excluding hydrogens is 216 g/mol. The molecule has 1 rings (SSSR count). The predicted octanol–water partition coefficient (Wildman–Crippen LogP) is 1.43. The highest BCUT2D eigenvalue weighted by molar-refractivity contribution is 5.57. The van der Waals surface area contributed by atoms with Gasteiger partial charge in [0.2, 0.25) is 0 Å². The van der Waals surface area contributed by atoms with Gasteiger partial charge in [0.1, 0.15) is 18.0 Å². The van der Waals surface area contributed by atoms with Crippen LogP contribution >= 0.6 is 0 Å². The molecule has 0 radical (unpaired) electrons. The molecule has 0 aliphatic carbocycles. The van der Waals surface area contributed by atoms with Gasteiger partial charge in [0.05, 0.1) is 6.61 Å². The molecule has 0 spiro atoms. The Bertz CT molecular complexity index is 343. The summed E-state index contributed by atoms with van der Waals surface area (Å²) >= 11 is 0. The molecule has 1 aromatic heterocycles. The van der Waals surface area contributed by atoms with E-state index in [0.29, 0.717) is 6.54 Å². The van der Waals surface area contributed by atoms with Gasteiger partial charge < -0.3 is 15.3 Å². The Morgan fingerprint density at radius 2 is 2.12 bits per heavy atom. The maximum Gasteiger partial charge on any atom is 0.137 e. The number of hydrogen-bond donors (Lipinski definition) is 2. The first-order valence-corrected chi connectivity index (χ1v) is 6.15. The number of anilines is 2. The van der Waals surface area contributed by atoms with Crippen LogP contribution in [0.5, 0.6) is 0 Å². The molecule has 5 heteroatoms. The van der Waals surface area contributed by atoms with Crippen LogP contribution in [-0.2, 0) is 0 Å². The highest BCUT2D eigenvalue weighted by atomic mass is 16.3. The van der Waals surface area contributed by atoms with Crippen LogP contribution in [0, 0.1) is 6.92 Å². The lowest BCUT2D eigenvalue weighted by molar-refractivity contribution is 0.302. The summed E-state index contributed by atoms with van der Waals surface area (Å²) in [5.74, 6) is 1.78. The van der Waals surface area contributed by atoms with Gasteiger partial charge in [0.25, 0.3) is 0 Å². The molecule has 0 amide bonds. The van der Waals surface area contributed by atoms with Crippen molar-refractivity contribution < 1.29 is 5.11 Å². The SMILES string of the molecule is CCCNc1ncnc(N(CC)CCO)c1C. The van der Waals surface area contributed by atoms with E-state index in [1.54, 1.807) is 6.33 Å². The van der Waals surface area contributed by atoms with Crippen molar-refractivity contribution in [3.63, 3.8) is 0 Å². The lowest BCUT2D eigenvalue weighted by Crippen LogP contribution is -2.28. The monoisotopic (exact) mass is 238 g/mol. The van der Waals surface area contributed by atoms with Gasteiger partial charge in [0, 0.05) is 25.2 Å². The van der Waals surface area contributed by atoms with E-state index in [1.807, 2.05) is 11.8 Å². The second-order valence-electron chi connectivity index (χ2n) is 3.90. The lowest BCUT2D eigenvalue weighted by atomic mass is 10.2. The lowest BCUT2D eigenvalue weighted by Gasteiger charge is -2.23. The molecule has 2 N–H and O–H groups in total. The summed E-state index contributed by atoms with van der Waals surface area (Å²) in [7, 11) is 0. The molecule has 1 heterocycles. The standard InChI is InChI=1S/C12H22N4O/c1-4-6-13-11-10(3)12(15-9-14-11)16(5-2)7-8-17/h9,17H,4-8H2,1-3H3,(H,13,14,15). The Morgan fingerprint density at radius 1 is 1.35 bits per heavy atom. The zero-order valence-electron chi connectivity index (χ0n) is 10.9. The van der Waals surface area contributed by atoms with Crippen molar-refractivity contribution in [2.75, 3.05) is 36.5 Å². The molecular formula is C12H22N4O. The minimum Gasteiger partial charge on any atom is -0.395 e. The van der Waals surface area contributed by atoms with E-state index in [1.165, 1.54) is 0 Å². The van der Waals surface area contributed by atoms with Crippen LogP contribution in [-0.4, -0.2) is 41.3 Å². The van der Waals surface area contributed by atoms with Crippen molar-refractivity contribution in [2.24, 2.45) is 0 Å². The van der Waals surface area contributed by atoms with Gasteiger partial charge in [-0.2, -0.15) is 0 Å². The van der Waals surface area contributed by atoms with Gasteiger partial charge >= 0.3 is 0 Å². The average Bonchev–Trinajstić information content (AvgIpc) is 2.35. The Hall–Kier alpha value is -1.36. The number of aromatic nitrogens is 2. The van der Waals surface area contributed by atoms with Gasteiger partial charge in [0.15, 0.2) is 0 Å². The number of hydrogen-bond acceptors (Lipinski definition) is 5. The summed E-state index contributed by atoms with van der Waals surface area (Å²) in [6.45, 7) is 8.64. The van der Waals surface area contributed by atoms with Crippen molar-refractivity contribution in [1.29, 1.82) is 0 Å². The van der Waals surface area contributed by atoms with Crippen LogP contribution in [0.2, 0.25) is 0 Å². The van der Waals surface area contributed by atoms with Crippen LogP contribution in [0.1, 0.15) is 25.8 Å². The molecule has 0 aliphatic heterocycles. The fraction of sp³-hybridized carbons (Fsp3) is 0.667. The third kappa shape index (κ3) is 3.56. The minimum absolute atomic E-state index is 0.134. The van der Waals surface area contributed by atoms with Crippen molar-refractivity contribution in [2.45, 2.75) is 27.2 Å². The second-order valence-corrected chi connectivity index (χ2v) is 3.90. The van der Waals surface area contributed by atoms with Crippen molar-refractivity contribution in [3.8, 4) is 0 Å². The molecule has 17 heavy (non-hydrogen) atoms. The number of likely N-dealkylation sites (N-methyl/N-ethyl adjacent to an activating group) is 1. The van der Waals surface area contributed by atoms with Gasteiger partial charge in [-0.3, -0.25) is 0 Å². The van der Waals surface area contributed by atoms with Crippen LogP contribution in [0.3, 0.4) is 0 Å². The molecule has 96 valence electrons. The van der Waals surface area contributed by atoms with E-state index in [-0.39, 0.29) is 6.61 Å². The van der Waals surface area contributed by atoms with Crippen LogP contribution in [0.25, 0.3) is 0 Å². The number of rotatable bonds is 7. The highest BCUT2D eigenvalue weighted by Gasteiger charge is 2.11. The molecule has 0 fully saturated rings. The van der Waals surface area contributed by atoms with Crippen molar-refractivity contribution >= 4 is 11.6 Å². The Balaban J connectivity index is 2.91. The first-order valence-electron chi connectivity index (χ1n) is 6.15. The molecule has 0 unspecified atom stereocenters. The molecule has 0 atom stereocenters. The summed E-state index contributed by atoms with van der Waals surface area (Å²) < 4.78 is 0.